The van der Waals surface area contributed by atoms with Gasteiger partial charge in [0, 0.05) is 12.1 Å². The van der Waals surface area contributed by atoms with E-state index in [1.54, 1.807) is 11.3 Å². The smallest absolute Gasteiger partial charge is 0.129 e. The summed E-state index contributed by atoms with van der Waals surface area (Å²) in [5.41, 5.74) is 2.22. The summed E-state index contributed by atoms with van der Waals surface area (Å²) in [4.78, 5) is 5.94. The third-order valence-electron chi connectivity index (χ3n) is 2.77. The van der Waals surface area contributed by atoms with E-state index in [0.717, 1.165) is 35.1 Å². The number of hydrogen-bond donors (Lipinski definition) is 1. The number of thiazole rings is 1. The van der Waals surface area contributed by atoms with Crippen molar-refractivity contribution in [3.8, 4) is 17.0 Å². The van der Waals surface area contributed by atoms with Crippen LogP contribution < -0.4 is 10.1 Å². The molecule has 3 nitrogen and oxygen atoms in total. The van der Waals surface area contributed by atoms with Gasteiger partial charge in [-0.3, -0.25) is 0 Å². The Morgan fingerprint density at radius 3 is 3.18 bits per heavy atom. The molecule has 0 bridgehead atoms. The maximum absolute atomic E-state index is 5.72. The van der Waals surface area contributed by atoms with Gasteiger partial charge < -0.3 is 10.1 Å². The zero-order chi connectivity index (χ0) is 11.7. The fourth-order valence-corrected chi connectivity index (χ4v) is 2.91. The number of benzene rings is 1. The van der Waals surface area contributed by atoms with Crippen molar-refractivity contribution in [1.82, 2.24) is 10.3 Å². The number of nitrogens with one attached hydrogen (secondary N) is 1. The lowest BCUT2D eigenvalue weighted by Gasteiger charge is -2.15. The van der Waals surface area contributed by atoms with Gasteiger partial charge in [-0.2, -0.15) is 0 Å². The molecule has 1 aromatic carbocycles. The third kappa shape index (κ3) is 1.94. The maximum Gasteiger partial charge on any atom is 0.129 e. The van der Waals surface area contributed by atoms with Crippen LogP contribution in [0.4, 0.5) is 0 Å². The van der Waals surface area contributed by atoms with E-state index in [4.69, 9.17) is 9.72 Å². The molecule has 0 atom stereocenters. The minimum atomic E-state index is 0.649. The van der Waals surface area contributed by atoms with Gasteiger partial charge in [0.05, 0.1) is 10.6 Å². The molecule has 0 saturated heterocycles. The van der Waals surface area contributed by atoms with Crippen LogP contribution >= 0.6 is 11.3 Å². The zero-order valence-corrected chi connectivity index (χ0v) is 10.5. The Morgan fingerprint density at radius 1 is 1.41 bits per heavy atom. The van der Waals surface area contributed by atoms with Gasteiger partial charge in [0.1, 0.15) is 17.4 Å². The number of rotatable bonds is 3. The summed E-state index contributed by atoms with van der Waals surface area (Å²) in [6.07, 6.45) is 0. The summed E-state index contributed by atoms with van der Waals surface area (Å²) < 4.78 is 5.72. The van der Waals surface area contributed by atoms with Crippen LogP contribution in [0, 0.1) is 0 Å². The van der Waals surface area contributed by atoms with Crippen LogP contribution in [0.3, 0.4) is 0 Å². The molecule has 17 heavy (non-hydrogen) atoms. The SMILES string of the molecule is CCNCc1nc2c(s1)COc1ccccc1-2. The first-order chi connectivity index (χ1) is 8.38. The van der Waals surface area contributed by atoms with E-state index in [1.165, 1.54) is 4.88 Å². The average molecular weight is 246 g/mol. The first kappa shape index (κ1) is 10.7. The van der Waals surface area contributed by atoms with Gasteiger partial charge in [-0.25, -0.2) is 4.98 Å². The third-order valence-corrected chi connectivity index (χ3v) is 3.80. The van der Waals surface area contributed by atoms with Gasteiger partial charge in [-0.05, 0) is 18.7 Å². The molecule has 0 saturated carbocycles. The van der Waals surface area contributed by atoms with Crippen molar-refractivity contribution < 1.29 is 4.74 Å². The molecule has 2 aromatic rings. The molecule has 1 aliphatic heterocycles. The molecule has 0 amide bonds. The fraction of sp³-hybridized carbons (Fsp3) is 0.308. The number of nitrogens with zero attached hydrogens (tertiary/aromatic N) is 1. The highest BCUT2D eigenvalue weighted by Gasteiger charge is 2.21. The first-order valence-electron chi connectivity index (χ1n) is 5.80. The quantitative estimate of drug-likeness (QED) is 0.904. The molecule has 0 radical (unpaired) electrons. The second kappa shape index (κ2) is 4.47. The first-order valence-corrected chi connectivity index (χ1v) is 6.61. The predicted molar refractivity (Wildman–Crippen MR) is 69.3 cm³/mol. The summed E-state index contributed by atoms with van der Waals surface area (Å²) >= 11 is 1.74. The lowest BCUT2D eigenvalue weighted by molar-refractivity contribution is 0.305. The lowest BCUT2D eigenvalue weighted by atomic mass is 10.1. The van der Waals surface area contributed by atoms with Crippen LogP contribution in [-0.4, -0.2) is 11.5 Å². The predicted octanol–water partition coefficient (Wildman–Crippen LogP) is 2.81. The molecular weight excluding hydrogens is 232 g/mol. The number of ether oxygens (including phenoxy) is 1. The highest BCUT2D eigenvalue weighted by Crippen LogP contribution is 2.39. The molecule has 4 heteroatoms. The monoisotopic (exact) mass is 246 g/mol. The maximum atomic E-state index is 5.72. The van der Waals surface area contributed by atoms with E-state index in [2.05, 4.69) is 18.3 Å². The average Bonchev–Trinajstić information content (AvgIpc) is 2.79. The van der Waals surface area contributed by atoms with Crippen molar-refractivity contribution in [3.05, 3.63) is 34.2 Å². The van der Waals surface area contributed by atoms with Crippen molar-refractivity contribution in [2.75, 3.05) is 6.54 Å². The summed E-state index contributed by atoms with van der Waals surface area (Å²) in [5, 5.41) is 4.44. The van der Waals surface area contributed by atoms with E-state index in [-0.39, 0.29) is 0 Å². The molecule has 0 fully saturated rings. The van der Waals surface area contributed by atoms with Crippen LogP contribution in [0.2, 0.25) is 0 Å². The summed E-state index contributed by atoms with van der Waals surface area (Å²) in [5.74, 6) is 0.945. The van der Waals surface area contributed by atoms with Crippen molar-refractivity contribution in [1.29, 1.82) is 0 Å². The number of aromatic nitrogens is 1. The molecule has 0 unspecified atom stereocenters. The van der Waals surface area contributed by atoms with Gasteiger partial charge in [0.25, 0.3) is 0 Å². The topological polar surface area (TPSA) is 34.2 Å². The Labute approximate surface area is 104 Å². The normalized spacial score (nSPS) is 12.8. The Bertz CT molecular complexity index is 536. The van der Waals surface area contributed by atoms with Crippen LogP contribution in [0.25, 0.3) is 11.3 Å². The Kier molecular flexibility index (Phi) is 2.82. The van der Waals surface area contributed by atoms with Crippen LogP contribution in [0.5, 0.6) is 5.75 Å². The molecule has 1 aliphatic rings. The van der Waals surface area contributed by atoms with Gasteiger partial charge in [-0.15, -0.1) is 11.3 Å². The fourth-order valence-electron chi connectivity index (χ4n) is 1.95. The molecule has 1 N–H and O–H groups in total. The molecule has 0 aliphatic carbocycles. The highest BCUT2D eigenvalue weighted by molar-refractivity contribution is 7.12. The van der Waals surface area contributed by atoms with E-state index >= 15 is 0 Å². The summed E-state index contributed by atoms with van der Waals surface area (Å²) in [7, 11) is 0. The van der Waals surface area contributed by atoms with Crippen molar-refractivity contribution in [2.24, 2.45) is 0 Å². The number of hydrogen-bond acceptors (Lipinski definition) is 4. The van der Waals surface area contributed by atoms with E-state index in [1.807, 2.05) is 18.2 Å². The Morgan fingerprint density at radius 2 is 2.29 bits per heavy atom. The van der Waals surface area contributed by atoms with Gasteiger partial charge in [0.15, 0.2) is 0 Å². The molecule has 88 valence electrons. The van der Waals surface area contributed by atoms with Crippen molar-refractivity contribution >= 4 is 11.3 Å². The number of para-hydroxylation sites is 1. The largest absolute Gasteiger partial charge is 0.487 e. The van der Waals surface area contributed by atoms with Gasteiger partial charge >= 0.3 is 0 Å². The van der Waals surface area contributed by atoms with Crippen LogP contribution in [-0.2, 0) is 13.2 Å². The number of fused-ring (bicyclic) bond motifs is 3. The standard InChI is InChI=1S/C13H14N2OS/c1-2-14-7-12-15-13-9-5-3-4-6-10(9)16-8-11(13)17-12/h3-6,14H,2,7-8H2,1H3. The second-order valence-electron chi connectivity index (χ2n) is 3.94. The minimum Gasteiger partial charge on any atom is -0.487 e. The zero-order valence-electron chi connectivity index (χ0n) is 9.69. The van der Waals surface area contributed by atoms with Crippen molar-refractivity contribution in [3.63, 3.8) is 0 Å². The summed E-state index contributed by atoms with van der Waals surface area (Å²) in [6.45, 7) is 4.57. The van der Waals surface area contributed by atoms with Crippen molar-refractivity contribution in [2.45, 2.75) is 20.1 Å². The molecule has 0 spiro atoms. The molecule has 2 heterocycles. The van der Waals surface area contributed by atoms with Gasteiger partial charge in [-0.1, -0.05) is 19.1 Å². The van der Waals surface area contributed by atoms with E-state index < -0.39 is 0 Å². The van der Waals surface area contributed by atoms with Crippen LogP contribution in [0.15, 0.2) is 24.3 Å². The van der Waals surface area contributed by atoms with E-state index in [9.17, 15) is 0 Å². The second-order valence-corrected chi connectivity index (χ2v) is 5.11. The lowest BCUT2D eigenvalue weighted by Crippen LogP contribution is -2.11. The van der Waals surface area contributed by atoms with Gasteiger partial charge in [0.2, 0.25) is 0 Å². The molecular formula is C13H14N2OS. The molecule has 1 aromatic heterocycles. The summed E-state index contributed by atoms with van der Waals surface area (Å²) in [6, 6.07) is 8.10. The minimum absolute atomic E-state index is 0.649. The highest BCUT2D eigenvalue weighted by atomic mass is 32.1. The Hall–Kier alpha value is -1.39. The van der Waals surface area contributed by atoms with E-state index in [0.29, 0.717) is 6.61 Å². The molecule has 3 rings (SSSR count). The Balaban J connectivity index is 1.98. The van der Waals surface area contributed by atoms with Crippen LogP contribution in [0.1, 0.15) is 16.8 Å².